The summed E-state index contributed by atoms with van der Waals surface area (Å²) < 4.78 is 41.2. The fourth-order valence-corrected chi connectivity index (χ4v) is 4.68. The second-order valence-corrected chi connectivity index (χ2v) is 9.42. The molecule has 1 unspecified atom stereocenters. The van der Waals surface area contributed by atoms with E-state index in [0.717, 1.165) is 30.7 Å². The third kappa shape index (κ3) is 4.98. The molecule has 5 rings (SSSR count). The van der Waals surface area contributed by atoms with Gasteiger partial charge in [-0.25, -0.2) is 9.67 Å². The monoisotopic (exact) mass is 497 g/mol. The van der Waals surface area contributed by atoms with Gasteiger partial charge >= 0.3 is 6.18 Å². The lowest BCUT2D eigenvalue weighted by Crippen LogP contribution is -2.44. The second-order valence-electron chi connectivity index (χ2n) is 9.42. The minimum Gasteiger partial charge on any atom is -0.338 e. The van der Waals surface area contributed by atoms with Crippen LogP contribution in [-0.2, 0) is 11.0 Å². The molecule has 2 amide bonds. The zero-order valence-corrected chi connectivity index (χ0v) is 19.8. The molecule has 188 valence electrons. The highest BCUT2D eigenvalue weighted by molar-refractivity contribution is 5.97. The number of hydrogen-bond donors (Lipinski definition) is 1. The summed E-state index contributed by atoms with van der Waals surface area (Å²) in [6.07, 6.45) is -0.0135. The quantitative estimate of drug-likeness (QED) is 0.540. The Hall–Kier alpha value is -3.69. The minimum absolute atomic E-state index is 0.0669. The Morgan fingerprint density at radius 3 is 2.58 bits per heavy atom. The number of nitrogens with one attached hydrogen (secondary N) is 1. The van der Waals surface area contributed by atoms with Gasteiger partial charge in [0.05, 0.1) is 34.6 Å². The molecule has 2 aliphatic rings. The lowest BCUT2D eigenvalue weighted by atomic mass is 9.96. The maximum Gasteiger partial charge on any atom is 0.416 e. The summed E-state index contributed by atoms with van der Waals surface area (Å²) in [5.41, 5.74) is 1.32. The number of amides is 2. The summed E-state index contributed by atoms with van der Waals surface area (Å²) in [7, 11) is 0. The lowest BCUT2D eigenvalue weighted by molar-refractivity contribution is -0.137. The molecule has 1 aromatic carbocycles. The topological polar surface area (TPSA) is 80.1 Å². The molecule has 1 saturated carbocycles. The lowest BCUT2D eigenvalue weighted by Gasteiger charge is -2.32. The number of carbonyl (C=O) groups excluding carboxylic acids is 2. The number of benzene rings is 1. The van der Waals surface area contributed by atoms with Crippen LogP contribution in [0.5, 0.6) is 0 Å². The van der Waals surface area contributed by atoms with Crippen molar-refractivity contribution in [1.29, 1.82) is 0 Å². The molecule has 1 saturated heterocycles. The van der Waals surface area contributed by atoms with Crippen LogP contribution in [0.1, 0.15) is 58.9 Å². The molecule has 2 aromatic heterocycles. The van der Waals surface area contributed by atoms with Gasteiger partial charge in [0.2, 0.25) is 5.91 Å². The van der Waals surface area contributed by atoms with Crippen molar-refractivity contribution in [2.75, 3.05) is 18.4 Å². The summed E-state index contributed by atoms with van der Waals surface area (Å²) >= 11 is 0. The molecule has 3 heterocycles. The number of pyridine rings is 1. The molecule has 7 nitrogen and oxygen atoms in total. The maximum atomic E-state index is 13.5. The maximum absolute atomic E-state index is 13.5. The Kier molecular flexibility index (Phi) is 6.27. The molecular formula is C26H26F3N5O2. The van der Waals surface area contributed by atoms with Gasteiger partial charge in [0.25, 0.3) is 5.91 Å². The van der Waals surface area contributed by atoms with Gasteiger partial charge in [-0.2, -0.15) is 18.3 Å². The Bertz CT molecular complexity index is 1300. The van der Waals surface area contributed by atoms with Gasteiger partial charge in [0.1, 0.15) is 5.82 Å². The summed E-state index contributed by atoms with van der Waals surface area (Å²) in [6.45, 7) is 2.60. The van der Waals surface area contributed by atoms with Crippen molar-refractivity contribution in [2.45, 2.75) is 44.7 Å². The Labute approximate surface area is 206 Å². The standard InChI is InChI=1S/C26H26F3N5O2/c1-16-5-2-9-22(31-16)32-24(35)18-6-4-12-33(15-18)25(36)21-14-30-34(23(21)17-10-11-17)20-8-3-7-19(13-20)26(27,28)29/h2-3,5,7-9,13-14,17-18H,4,6,10-12,15H2,1H3,(H,31,32,35). The van der Waals surface area contributed by atoms with Crippen LogP contribution in [0.2, 0.25) is 0 Å². The number of halogens is 3. The van der Waals surface area contributed by atoms with E-state index < -0.39 is 11.7 Å². The average molecular weight is 498 g/mol. The largest absolute Gasteiger partial charge is 0.416 e. The molecule has 0 radical (unpaired) electrons. The van der Waals surface area contributed by atoms with Crippen LogP contribution < -0.4 is 5.32 Å². The number of rotatable bonds is 5. The van der Waals surface area contributed by atoms with E-state index >= 15 is 0 Å². The van der Waals surface area contributed by atoms with Gasteiger partial charge in [-0.1, -0.05) is 12.1 Å². The summed E-state index contributed by atoms with van der Waals surface area (Å²) in [4.78, 5) is 32.4. The van der Waals surface area contributed by atoms with E-state index in [1.807, 2.05) is 19.1 Å². The highest BCUT2D eigenvalue weighted by Gasteiger charge is 2.37. The van der Waals surface area contributed by atoms with Crippen LogP contribution in [0.15, 0.2) is 48.7 Å². The second kappa shape index (κ2) is 9.40. The fourth-order valence-electron chi connectivity index (χ4n) is 4.68. The fraction of sp³-hybridized carbons (Fsp3) is 0.385. The van der Waals surface area contributed by atoms with Gasteiger partial charge in [-0.15, -0.1) is 0 Å². The van der Waals surface area contributed by atoms with Gasteiger partial charge in [-0.05, 0) is 62.9 Å². The molecule has 1 N–H and O–H groups in total. The van der Waals surface area contributed by atoms with Crippen LogP contribution in [0.25, 0.3) is 5.69 Å². The smallest absolute Gasteiger partial charge is 0.338 e. The van der Waals surface area contributed by atoms with Crippen molar-refractivity contribution in [2.24, 2.45) is 5.92 Å². The molecule has 36 heavy (non-hydrogen) atoms. The van der Waals surface area contributed by atoms with Crippen molar-refractivity contribution in [1.82, 2.24) is 19.7 Å². The SMILES string of the molecule is Cc1cccc(NC(=O)C2CCCN(C(=O)c3cnn(-c4cccc(C(F)(F)F)c4)c3C3CC3)C2)n1. The first-order valence-corrected chi connectivity index (χ1v) is 12.0. The third-order valence-corrected chi connectivity index (χ3v) is 6.64. The highest BCUT2D eigenvalue weighted by atomic mass is 19.4. The minimum atomic E-state index is -4.47. The number of nitrogens with zero attached hydrogens (tertiary/aromatic N) is 4. The van der Waals surface area contributed by atoms with Crippen molar-refractivity contribution < 1.29 is 22.8 Å². The van der Waals surface area contributed by atoms with E-state index in [-0.39, 0.29) is 35.9 Å². The van der Waals surface area contributed by atoms with E-state index in [1.54, 1.807) is 17.0 Å². The number of carbonyl (C=O) groups is 2. The normalized spacial score (nSPS) is 18.2. The number of likely N-dealkylation sites (tertiary alicyclic amines) is 1. The van der Waals surface area contributed by atoms with Crippen LogP contribution in [0, 0.1) is 12.8 Å². The molecule has 1 aliphatic heterocycles. The summed E-state index contributed by atoms with van der Waals surface area (Å²) in [5.74, 6) is -0.277. The molecular weight excluding hydrogens is 471 g/mol. The van der Waals surface area contributed by atoms with Crippen molar-refractivity contribution in [3.05, 3.63) is 71.2 Å². The van der Waals surface area contributed by atoms with Crippen LogP contribution in [0.4, 0.5) is 19.0 Å². The molecule has 3 aromatic rings. The van der Waals surface area contributed by atoms with Gasteiger partial charge in [-0.3, -0.25) is 9.59 Å². The van der Waals surface area contributed by atoms with Gasteiger partial charge < -0.3 is 10.2 Å². The van der Waals surface area contributed by atoms with Crippen LogP contribution in [-0.4, -0.2) is 44.6 Å². The van der Waals surface area contributed by atoms with E-state index in [2.05, 4.69) is 15.4 Å². The Morgan fingerprint density at radius 1 is 1.08 bits per heavy atom. The number of hydrogen-bond acceptors (Lipinski definition) is 4. The third-order valence-electron chi connectivity index (χ3n) is 6.64. The number of anilines is 1. The van der Waals surface area contributed by atoms with Gasteiger partial charge in [0, 0.05) is 24.7 Å². The molecule has 1 aliphatic carbocycles. The first-order chi connectivity index (χ1) is 17.2. The highest BCUT2D eigenvalue weighted by Crippen LogP contribution is 2.43. The van der Waals surface area contributed by atoms with Crippen LogP contribution in [0.3, 0.4) is 0 Å². The number of piperidine rings is 1. The van der Waals surface area contributed by atoms with Crippen molar-refractivity contribution in [3.8, 4) is 5.69 Å². The van der Waals surface area contributed by atoms with Crippen molar-refractivity contribution in [3.63, 3.8) is 0 Å². The van der Waals surface area contributed by atoms with E-state index in [9.17, 15) is 22.8 Å². The number of aryl methyl sites for hydroxylation is 1. The molecule has 2 fully saturated rings. The molecule has 1 atom stereocenters. The summed E-state index contributed by atoms with van der Waals surface area (Å²) in [5, 5.41) is 7.16. The van der Waals surface area contributed by atoms with Gasteiger partial charge in [0.15, 0.2) is 0 Å². The van der Waals surface area contributed by atoms with E-state index in [1.165, 1.54) is 16.9 Å². The average Bonchev–Trinajstić information content (AvgIpc) is 3.60. The predicted octanol–water partition coefficient (Wildman–Crippen LogP) is 4.96. The molecule has 0 spiro atoms. The zero-order chi connectivity index (χ0) is 25.4. The first kappa shape index (κ1) is 24.0. The predicted molar refractivity (Wildman–Crippen MR) is 127 cm³/mol. The number of alkyl halides is 3. The Morgan fingerprint density at radius 2 is 1.86 bits per heavy atom. The zero-order valence-electron chi connectivity index (χ0n) is 19.8. The van der Waals surface area contributed by atoms with E-state index in [0.29, 0.717) is 36.5 Å². The number of aromatic nitrogens is 3. The van der Waals surface area contributed by atoms with Crippen molar-refractivity contribution >= 4 is 17.6 Å². The molecule has 0 bridgehead atoms. The van der Waals surface area contributed by atoms with E-state index in [4.69, 9.17) is 0 Å². The molecule has 10 heteroatoms. The first-order valence-electron chi connectivity index (χ1n) is 12.0. The van der Waals surface area contributed by atoms with Crippen LogP contribution >= 0.6 is 0 Å². The Balaban J connectivity index is 1.36. The summed E-state index contributed by atoms with van der Waals surface area (Å²) in [6, 6.07) is 10.3.